The highest BCUT2D eigenvalue weighted by Gasteiger charge is 2.34. The Kier molecular flexibility index (Phi) is 5.13. The Hall–Kier alpha value is -2.81. The van der Waals surface area contributed by atoms with Crippen LogP contribution in [0.1, 0.15) is 49.5 Å². The van der Waals surface area contributed by atoms with Crippen molar-refractivity contribution in [3.8, 4) is 0 Å². The van der Waals surface area contributed by atoms with Crippen molar-refractivity contribution in [2.45, 2.75) is 44.1 Å². The third-order valence-corrected chi connectivity index (χ3v) is 6.91. The van der Waals surface area contributed by atoms with Crippen molar-refractivity contribution in [1.82, 2.24) is 25.1 Å². The van der Waals surface area contributed by atoms with Crippen LogP contribution in [0.5, 0.6) is 0 Å². The van der Waals surface area contributed by atoms with Crippen LogP contribution < -0.4 is 5.32 Å². The predicted octanol–water partition coefficient (Wildman–Crippen LogP) is 1.29. The van der Waals surface area contributed by atoms with Gasteiger partial charge in [0, 0.05) is 44.0 Å². The van der Waals surface area contributed by atoms with Crippen LogP contribution >= 0.6 is 0 Å². The molecule has 2 saturated heterocycles. The van der Waals surface area contributed by atoms with Gasteiger partial charge in [0.2, 0.25) is 5.91 Å². The lowest BCUT2D eigenvalue weighted by Gasteiger charge is -2.37. The standard InChI is InChI=1S/C23H29N7O2/c31-23(29-10-12-32-13-11-29)16-2-1-9-30(14-16)19-6-5-18-20(27-19)28-22(26-18)21-24-8-7-17(25-21)15-3-4-15/h6-8,15-16,18H,1-5,9-14H2,(H,26,27,28)/t16-,18?/m1/s1. The fraction of sp³-hybridized carbons (Fsp3) is 0.609. The summed E-state index contributed by atoms with van der Waals surface area (Å²) in [5, 5.41) is 3.37. The highest BCUT2D eigenvalue weighted by molar-refractivity contribution is 6.14. The molecule has 1 aliphatic carbocycles. The van der Waals surface area contributed by atoms with Gasteiger partial charge in [0.1, 0.15) is 17.7 Å². The molecule has 0 bridgehead atoms. The number of amides is 1. The zero-order chi connectivity index (χ0) is 21.5. The van der Waals surface area contributed by atoms with Crippen molar-refractivity contribution in [2.75, 3.05) is 39.4 Å². The number of nitrogens with one attached hydrogen (secondary N) is 1. The van der Waals surface area contributed by atoms with Crippen molar-refractivity contribution in [2.24, 2.45) is 15.9 Å². The number of nitrogens with zero attached hydrogens (tertiary/aromatic N) is 6. The molecule has 5 aliphatic rings. The van der Waals surface area contributed by atoms with E-state index in [1.165, 1.54) is 12.8 Å². The second-order valence-electron chi connectivity index (χ2n) is 9.22. The van der Waals surface area contributed by atoms with E-state index in [1.54, 1.807) is 0 Å². The molecule has 1 amide bonds. The minimum absolute atomic E-state index is 0.00231. The average molecular weight is 436 g/mol. The maximum atomic E-state index is 13.0. The van der Waals surface area contributed by atoms with Gasteiger partial charge in [-0.1, -0.05) is 0 Å². The zero-order valence-corrected chi connectivity index (χ0v) is 18.2. The molecular formula is C23H29N7O2. The van der Waals surface area contributed by atoms with Crippen LogP contribution in [0.4, 0.5) is 0 Å². The minimum Gasteiger partial charge on any atom is -0.378 e. The number of hydrogen-bond acceptors (Lipinski definition) is 8. The first-order valence-electron chi connectivity index (χ1n) is 11.8. The normalized spacial score (nSPS) is 27.8. The summed E-state index contributed by atoms with van der Waals surface area (Å²) >= 11 is 0. The maximum Gasteiger partial charge on any atom is 0.227 e. The van der Waals surface area contributed by atoms with Crippen LogP contribution in [-0.4, -0.2) is 82.8 Å². The quantitative estimate of drug-likeness (QED) is 0.766. The molecule has 9 nitrogen and oxygen atoms in total. The third kappa shape index (κ3) is 3.90. The van der Waals surface area contributed by atoms with Gasteiger partial charge in [-0.3, -0.25) is 9.79 Å². The largest absolute Gasteiger partial charge is 0.378 e. The van der Waals surface area contributed by atoms with Gasteiger partial charge in [0.05, 0.1) is 19.1 Å². The molecule has 0 spiro atoms. The van der Waals surface area contributed by atoms with Crippen molar-refractivity contribution >= 4 is 17.6 Å². The summed E-state index contributed by atoms with van der Waals surface area (Å²) in [6, 6.07) is 2.00. The average Bonchev–Trinajstić information content (AvgIpc) is 3.62. The molecule has 2 atom stereocenters. The summed E-state index contributed by atoms with van der Waals surface area (Å²) in [7, 11) is 0. The van der Waals surface area contributed by atoms with Crippen molar-refractivity contribution in [3.05, 3.63) is 35.7 Å². The topological polar surface area (TPSA) is 95.3 Å². The van der Waals surface area contributed by atoms with Gasteiger partial charge in [-0.25, -0.2) is 15.0 Å². The van der Waals surface area contributed by atoms with Crippen LogP contribution in [0.25, 0.3) is 0 Å². The maximum absolute atomic E-state index is 13.0. The molecule has 3 fully saturated rings. The van der Waals surface area contributed by atoms with Gasteiger partial charge in [-0.15, -0.1) is 0 Å². The van der Waals surface area contributed by atoms with E-state index in [0.717, 1.165) is 49.7 Å². The lowest BCUT2D eigenvalue weighted by Crippen LogP contribution is -2.48. The summed E-state index contributed by atoms with van der Waals surface area (Å²) in [6.45, 7) is 4.35. The number of likely N-dealkylation sites (tertiary alicyclic amines) is 1. The van der Waals surface area contributed by atoms with Crippen LogP contribution in [0.15, 0.2) is 34.1 Å². The van der Waals surface area contributed by atoms with Gasteiger partial charge in [0.15, 0.2) is 11.7 Å². The first kappa shape index (κ1) is 19.8. The van der Waals surface area contributed by atoms with E-state index in [1.807, 2.05) is 17.2 Å². The van der Waals surface area contributed by atoms with Crippen molar-refractivity contribution in [1.29, 1.82) is 0 Å². The number of ether oxygens (including phenoxy) is 1. The first-order chi connectivity index (χ1) is 15.7. The van der Waals surface area contributed by atoms with Crippen LogP contribution in [0.2, 0.25) is 0 Å². The first-order valence-corrected chi connectivity index (χ1v) is 11.8. The number of fused-ring (bicyclic) bond motifs is 1. The number of carbonyl (C=O) groups excluding carboxylic acids is 1. The molecule has 9 heteroatoms. The van der Waals surface area contributed by atoms with Gasteiger partial charge < -0.3 is 19.9 Å². The molecule has 168 valence electrons. The smallest absolute Gasteiger partial charge is 0.227 e. The molecular weight excluding hydrogens is 406 g/mol. The Labute approximate surface area is 187 Å². The Morgan fingerprint density at radius 3 is 2.88 bits per heavy atom. The van der Waals surface area contributed by atoms with Crippen LogP contribution in [0.3, 0.4) is 0 Å². The van der Waals surface area contributed by atoms with E-state index in [-0.39, 0.29) is 17.9 Å². The Balaban J connectivity index is 1.13. The molecule has 4 aliphatic heterocycles. The highest BCUT2D eigenvalue weighted by Crippen LogP contribution is 2.38. The molecule has 0 radical (unpaired) electrons. The second-order valence-corrected chi connectivity index (χ2v) is 9.22. The number of aliphatic imine (C=N–C) groups is 2. The Morgan fingerprint density at radius 2 is 2.03 bits per heavy atom. The summed E-state index contributed by atoms with van der Waals surface area (Å²) in [5.41, 5.74) is 1.11. The number of rotatable bonds is 4. The second kappa shape index (κ2) is 8.27. The molecule has 6 rings (SSSR count). The molecule has 32 heavy (non-hydrogen) atoms. The summed E-state index contributed by atoms with van der Waals surface area (Å²) in [6.07, 6.45) is 9.15. The minimum atomic E-state index is -0.00231. The number of hydrogen-bond donors (Lipinski definition) is 1. The number of morpholine rings is 1. The fourth-order valence-corrected chi connectivity index (χ4v) is 4.94. The van der Waals surface area contributed by atoms with E-state index in [2.05, 4.69) is 21.3 Å². The lowest BCUT2D eigenvalue weighted by atomic mass is 9.96. The number of piperidine rings is 1. The Bertz CT molecular complexity index is 994. The van der Waals surface area contributed by atoms with E-state index in [4.69, 9.17) is 19.7 Å². The van der Waals surface area contributed by atoms with Crippen molar-refractivity contribution in [3.63, 3.8) is 0 Å². The Morgan fingerprint density at radius 1 is 1.16 bits per heavy atom. The van der Waals surface area contributed by atoms with E-state index in [9.17, 15) is 4.79 Å². The van der Waals surface area contributed by atoms with Gasteiger partial charge in [0.25, 0.3) is 0 Å². The summed E-state index contributed by atoms with van der Waals surface area (Å²) in [4.78, 5) is 36.1. The number of amidine groups is 2. The molecule has 0 aromatic carbocycles. The number of aromatic nitrogens is 2. The third-order valence-electron chi connectivity index (χ3n) is 6.91. The number of carbonyl (C=O) groups is 1. The monoisotopic (exact) mass is 435 g/mol. The van der Waals surface area contributed by atoms with E-state index >= 15 is 0 Å². The van der Waals surface area contributed by atoms with Gasteiger partial charge >= 0.3 is 0 Å². The summed E-state index contributed by atoms with van der Waals surface area (Å²) < 4.78 is 5.40. The predicted molar refractivity (Wildman–Crippen MR) is 119 cm³/mol. The molecule has 5 heterocycles. The van der Waals surface area contributed by atoms with Crippen molar-refractivity contribution < 1.29 is 9.53 Å². The fourth-order valence-electron chi connectivity index (χ4n) is 4.94. The SMILES string of the molecule is O=C([C@@H]1CCCN(C2=CCC3N=C(c4nccc(C5CC5)n4)NC3=N2)C1)N1CCOCC1. The lowest BCUT2D eigenvalue weighted by molar-refractivity contribution is -0.141. The molecule has 1 unspecified atom stereocenters. The molecule has 1 N–H and O–H groups in total. The van der Waals surface area contributed by atoms with Gasteiger partial charge in [-0.05, 0) is 44.2 Å². The molecule has 1 aromatic heterocycles. The zero-order valence-electron chi connectivity index (χ0n) is 18.2. The van der Waals surface area contributed by atoms with E-state index < -0.39 is 0 Å². The van der Waals surface area contributed by atoms with Crippen LogP contribution in [-0.2, 0) is 9.53 Å². The molecule has 1 saturated carbocycles. The van der Waals surface area contributed by atoms with Crippen LogP contribution in [0, 0.1) is 5.92 Å². The highest BCUT2D eigenvalue weighted by atomic mass is 16.5. The molecule has 1 aromatic rings. The van der Waals surface area contributed by atoms with Gasteiger partial charge in [-0.2, -0.15) is 0 Å². The summed E-state index contributed by atoms with van der Waals surface area (Å²) in [5.74, 6) is 4.05. The van der Waals surface area contributed by atoms with E-state index in [0.29, 0.717) is 43.9 Å².